The largest absolute Gasteiger partial charge is 0.368 e. The van der Waals surface area contributed by atoms with Gasteiger partial charge >= 0.3 is 0 Å². The fourth-order valence-electron chi connectivity index (χ4n) is 1.95. The van der Waals surface area contributed by atoms with E-state index in [1.807, 2.05) is 4.90 Å². The highest BCUT2D eigenvalue weighted by atomic mass is 16.1. The lowest BCUT2D eigenvalue weighted by Crippen LogP contribution is -2.40. The minimum Gasteiger partial charge on any atom is -0.368 e. The van der Waals surface area contributed by atoms with E-state index in [2.05, 4.69) is 4.98 Å². The number of carbonyl (C=O) groups excluding carboxylic acids is 1. The van der Waals surface area contributed by atoms with Crippen LogP contribution in [0.15, 0.2) is 23.1 Å². The van der Waals surface area contributed by atoms with Gasteiger partial charge in [-0.2, -0.15) is 0 Å². The molecule has 80 valence electrons. The van der Waals surface area contributed by atoms with Crippen molar-refractivity contribution in [3.63, 3.8) is 0 Å². The molecular weight excluding hydrogens is 194 g/mol. The van der Waals surface area contributed by atoms with Crippen LogP contribution in [0.3, 0.4) is 0 Å². The summed E-state index contributed by atoms with van der Waals surface area (Å²) in [4.78, 5) is 26.6. The first-order valence-electron chi connectivity index (χ1n) is 4.93. The van der Waals surface area contributed by atoms with Crippen LogP contribution in [-0.2, 0) is 4.79 Å². The fraction of sp³-hybridized carbons (Fsp3) is 0.400. The van der Waals surface area contributed by atoms with E-state index in [0.29, 0.717) is 0 Å². The van der Waals surface area contributed by atoms with E-state index in [1.165, 1.54) is 6.07 Å². The van der Waals surface area contributed by atoms with Gasteiger partial charge < -0.3 is 15.6 Å². The highest BCUT2D eigenvalue weighted by Crippen LogP contribution is 2.23. The highest BCUT2D eigenvalue weighted by Gasteiger charge is 2.28. The number of carbonyl (C=O) groups is 1. The normalized spacial score (nSPS) is 20.5. The van der Waals surface area contributed by atoms with Crippen molar-refractivity contribution in [2.45, 2.75) is 18.9 Å². The van der Waals surface area contributed by atoms with Crippen LogP contribution in [0.4, 0.5) is 5.69 Å². The Balaban J connectivity index is 2.26. The Kier molecular flexibility index (Phi) is 2.45. The predicted molar refractivity (Wildman–Crippen MR) is 56.6 cm³/mol. The second kappa shape index (κ2) is 3.76. The van der Waals surface area contributed by atoms with E-state index in [1.54, 1.807) is 12.3 Å². The van der Waals surface area contributed by atoms with Gasteiger partial charge in [0, 0.05) is 18.8 Å². The third-order valence-corrected chi connectivity index (χ3v) is 2.68. The van der Waals surface area contributed by atoms with E-state index in [4.69, 9.17) is 5.73 Å². The van der Waals surface area contributed by atoms with Crippen molar-refractivity contribution in [1.29, 1.82) is 0 Å². The van der Waals surface area contributed by atoms with Gasteiger partial charge in [0.15, 0.2) is 0 Å². The summed E-state index contributed by atoms with van der Waals surface area (Å²) in [6.45, 7) is 0.805. The van der Waals surface area contributed by atoms with Crippen molar-refractivity contribution in [2.24, 2.45) is 5.73 Å². The molecule has 5 heteroatoms. The number of nitrogens with zero attached hydrogens (tertiary/aromatic N) is 1. The van der Waals surface area contributed by atoms with Crippen LogP contribution in [0.2, 0.25) is 0 Å². The molecule has 1 saturated heterocycles. The Morgan fingerprint density at radius 3 is 2.93 bits per heavy atom. The zero-order chi connectivity index (χ0) is 10.8. The SMILES string of the molecule is NC(=O)C1CCCN1c1ccc(=O)[nH]c1. The zero-order valence-electron chi connectivity index (χ0n) is 8.27. The van der Waals surface area contributed by atoms with Crippen LogP contribution < -0.4 is 16.2 Å². The Bertz CT molecular complexity index is 406. The first-order chi connectivity index (χ1) is 7.18. The number of pyridine rings is 1. The van der Waals surface area contributed by atoms with Gasteiger partial charge in [0.25, 0.3) is 0 Å². The quantitative estimate of drug-likeness (QED) is 0.706. The van der Waals surface area contributed by atoms with Gasteiger partial charge in [0.2, 0.25) is 11.5 Å². The maximum absolute atomic E-state index is 11.2. The van der Waals surface area contributed by atoms with Gasteiger partial charge in [-0.05, 0) is 18.9 Å². The van der Waals surface area contributed by atoms with Crippen LogP contribution in [-0.4, -0.2) is 23.5 Å². The molecule has 1 unspecified atom stereocenters. The first kappa shape index (κ1) is 9.76. The maximum atomic E-state index is 11.2. The second-order valence-corrected chi connectivity index (χ2v) is 3.66. The molecule has 2 heterocycles. The molecule has 2 rings (SSSR count). The Labute approximate surface area is 86.9 Å². The lowest BCUT2D eigenvalue weighted by atomic mass is 10.2. The number of amides is 1. The van der Waals surface area contributed by atoms with Crippen molar-refractivity contribution >= 4 is 11.6 Å². The molecule has 1 fully saturated rings. The van der Waals surface area contributed by atoms with Crippen molar-refractivity contribution < 1.29 is 4.79 Å². The molecule has 0 radical (unpaired) electrons. The molecule has 0 bridgehead atoms. The van der Waals surface area contributed by atoms with Gasteiger partial charge in [-0.15, -0.1) is 0 Å². The molecule has 0 aromatic carbocycles. The molecule has 0 spiro atoms. The molecule has 1 aliphatic heterocycles. The smallest absolute Gasteiger partial charge is 0.248 e. The number of anilines is 1. The summed E-state index contributed by atoms with van der Waals surface area (Å²) in [5.74, 6) is -0.307. The van der Waals surface area contributed by atoms with E-state index in [0.717, 1.165) is 25.1 Å². The second-order valence-electron chi connectivity index (χ2n) is 3.66. The number of rotatable bonds is 2. The van der Waals surface area contributed by atoms with Crippen LogP contribution in [0, 0.1) is 0 Å². The minimum atomic E-state index is -0.307. The number of hydrogen-bond acceptors (Lipinski definition) is 3. The molecular formula is C10H13N3O2. The Morgan fingerprint density at radius 1 is 1.53 bits per heavy atom. The molecule has 0 saturated carbocycles. The number of nitrogens with two attached hydrogens (primary N) is 1. The summed E-state index contributed by atoms with van der Waals surface area (Å²) in [5, 5.41) is 0. The van der Waals surface area contributed by atoms with Gasteiger partial charge in [0.05, 0.1) is 5.69 Å². The van der Waals surface area contributed by atoms with Crippen LogP contribution in [0.1, 0.15) is 12.8 Å². The standard InChI is InChI=1S/C10H13N3O2/c11-10(15)8-2-1-5-13(8)7-3-4-9(14)12-6-7/h3-4,6,8H,1-2,5H2,(H2,11,15)(H,12,14). The van der Waals surface area contributed by atoms with E-state index >= 15 is 0 Å². The summed E-state index contributed by atoms with van der Waals surface area (Å²) < 4.78 is 0. The maximum Gasteiger partial charge on any atom is 0.248 e. The predicted octanol–water partition coefficient (Wildman–Crippen LogP) is -0.171. The summed E-state index contributed by atoms with van der Waals surface area (Å²) in [7, 11) is 0. The molecule has 5 nitrogen and oxygen atoms in total. The van der Waals surface area contributed by atoms with E-state index in [-0.39, 0.29) is 17.5 Å². The third-order valence-electron chi connectivity index (χ3n) is 2.68. The topological polar surface area (TPSA) is 79.2 Å². The Morgan fingerprint density at radius 2 is 2.33 bits per heavy atom. The monoisotopic (exact) mass is 207 g/mol. The fourth-order valence-corrected chi connectivity index (χ4v) is 1.95. The molecule has 1 aromatic heterocycles. The third kappa shape index (κ3) is 1.86. The van der Waals surface area contributed by atoms with Gasteiger partial charge in [-0.1, -0.05) is 0 Å². The van der Waals surface area contributed by atoms with Gasteiger partial charge in [-0.3, -0.25) is 9.59 Å². The lowest BCUT2D eigenvalue weighted by Gasteiger charge is -2.23. The molecule has 0 aliphatic carbocycles. The molecule has 1 aromatic rings. The van der Waals surface area contributed by atoms with Crippen LogP contribution in [0.5, 0.6) is 0 Å². The first-order valence-corrected chi connectivity index (χ1v) is 4.93. The minimum absolute atomic E-state index is 0.145. The summed E-state index contributed by atoms with van der Waals surface area (Å²) in [6, 6.07) is 2.92. The van der Waals surface area contributed by atoms with Gasteiger partial charge in [-0.25, -0.2) is 0 Å². The average Bonchev–Trinajstić information content (AvgIpc) is 2.67. The van der Waals surface area contributed by atoms with E-state index < -0.39 is 0 Å². The van der Waals surface area contributed by atoms with Crippen LogP contribution in [0.25, 0.3) is 0 Å². The van der Waals surface area contributed by atoms with Gasteiger partial charge in [0.1, 0.15) is 6.04 Å². The summed E-state index contributed by atoms with van der Waals surface area (Å²) in [6.07, 6.45) is 3.35. The molecule has 15 heavy (non-hydrogen) atoms. The van der Waals surface area contributed by atoms with Crippen molar-refractivity contribution in [3.05, 3.63) is 28.7 Å². The Hall–Kier alpha value is -1.78. The number of aromatic amines is 1. The van der Waals surface area contributed by atoms with Crippen molar-refractivity contribution in [2.75, 3.05) is 11.4 Å². The number of aromatic nitrogens is 1. The molecule has 1 aliphatic rings. The van der Waals surface area contributed by atoms with Crippen molar-refractivity contribution in [3.8, 4) is 0 Å². The lowest BCUT2D eigenvalue weighted by molar-refractivity contribution is -0.119. The summed E-state index contributed by atoms with van der Waals surface area (Å²) in [5.41, 5.74) is 6.00. The average molecular weight is 207 g/mol. The molecule has 1 amide bonds. The summed E-state index contributed by atoms with van der Waals surface area (Å²) >= 11 is 0. The zero-order valence-corrected chi connectivity index (χ0v) is 8.27. The molecule has 1 atom stereocenters. The van der Waals surface area contributed by atoms with Crippen molar-refractivity contribution in [1.82, 2.24) is 4.98 Å². The molecule has 3 N–H and O–H groups in total. The number of hydrogen-bond donors (Lipinski definition) is 2. The number of H-pyrrole nitrogens is 1. The highest BCUT2D eigenvalue weighted by molar-refractivity contribution is 5.84. The van der Waals surface area contributed by atoms with Crippen LogP contribution >= 0.6 is 0 Å². The van der Waals surface area contributed by atoms with E-state index in [9.17, 15) is 9.59 Å². The number of nitrogens with one attached hydrogen (secondary N) is 1. The number of primary amides is 1.